The van der Waals surface area contributed by atoms with Crippen molar-refractivity contribution in [3.05, 3.63) is 0 Å². The Morgan fingerprint density at radius 2 is 1.45 bits per heavy atom. The highest BCUT2D eigenvalue weighted by molar-refractivity contribution is 4.84. The Kier molecular flexibility index (Phi) is 7.70. The van der Waals surface area contributed by atoms with Gasteiger partial charge in [-0.2, -0.15) is 0 Å². The van der Waals surface area contributed by atoms with Crippen LogP contribution in [0.25, 0.3) is 0 Å². The molecule has 0 spiro atoms. The van der Waals surface area contributed by atoms with Crippen molar-refractivity contribution in [3.8, 4) is 0 Å². The fourth-order valence-corrected chi connectivity index (χ4v) is 4.36. The maximum absolute atomic E-state index is 2.82. The fourth-order valence-electron chi connectivity index (χ4n) is 4.36. The van der Waals surface area contributed by atoms with Gasteiger partial charge in [-0.15, -0.1) is 0 Å². The molecule has 0 unspecified atom stereocenters. The molecule has 2 rings (SSSR count). The molecule has 0 bridgehead atoms. The summed E-state index contributed by atoms with van der Waals surface area (Å²) in [4.78, 5) is 5.47. The lowest BCUT2D eigenvalue weighted by Gasteiger charge is -2.42. The largest absolute Gasteiger partial charge is 0.301 e. The van der Waals surface area contributed by atoms with Crippen LogP contribution >= 0.6 is 0 Å². The molecule has 2 heteroatoms. The summed E-state index contributed by atoms with van der Waals surface area (Å²) in [7, 11) is 0. The lowest BCUT2D eigenvalue weighted by molar-refractivity contribution is 0.0657. The summed E-state index contributed by atoms with van der Waals surface area (Å²) >= 11 is 0. The maximum Gasteiger partial charge on any atom is 0.0120 e. The first kappa shape index (κ1) is 18.3. The van der Waals surface area contributed by atoms with Gasteiger partial charge in [-0.25, -0.2) is 0 Å². The van der Waals surface area contributed by atoms with Gasteiger partial charge < -0.3 is 9.80 Å². The molecule has 2 heterocycles. The lowest BCUT2D eigenvalue weighted by atomic mass is 9.89. The zero-order chi connectivity index (χ0) is 15.9. The third kappa shape index (κ3) is 5.85. The van der Waals surface area contributed by atoms with Crippen molar-refractivity contribution in [1.29, 1.82) is 0 Å². The zero-order valence-corrected chi connectivity index (χ0v) is 15.7. The third-order valence-corrected chi connectivity index (χ3v) is 6.04. The van der Waals surface area contributed by atoms with Gasteiger partial charge in [0.15, 0.2) is 0 Å². The summed E-state index contributed by atoms with van der Waals surface area (Å²) in [6.07, 6.45) is 11.6. The van der Waals surface area contributed by atoms with E-state index in [0.29, 0.717) is 0 Å². The molecule has 0 amide bonds. The highest BCUT2D eigenvalue weighted by Crippen LogP contribution is 2.27. The molecule has 0 saturated carbocycles. The van der Waals surface area contributed by atoms with Gasteiger partial charge >= 0.3 is 0 Å². The van der Waals surface area contributed by atoms with Crippen molar-refractivity contribution in [2.45, 2.75) is 91.1 Å². The Balaban J connectivity index is 1.59. The quantitative estimate of drug-likeness (QED) is 0.624. The van der Waals surface area contributed by atoms with E-state index in [9.17, 15) is 0 Å². The van der Waals surface area contributed by atoms with Crippen molar-refractivity contribution in [1.82, 2.24) is 9.80 Å². The van der Waals surface area contributed by atoms with Crippen LogP contribution in [0.2, 0.25) is 0 Å². The van der Waals surface area contributed by atoms with Crippen LogP contribution in [-0.2, 0) is 0 Å². The molecule has 22 heavy (non-hydrogen) atoms. The van der Waals surface area contributed by atoms with Crippen molar-refractivity contribution in [3.63, 3.8) is 0 Å². The molecule has 0 atom stereocenters. The Labute approximate surface area is 139 Å². The Hall–Kier alpha value is -0.0800. The van der Waals surface area contributed by atoms with Crippen molar-refractivity contribution < 1.29 is 0 Å². The first-order valence-corrected chi connectivity index (χ1v) is 10.0. The average Bonchev–Trinajstić information content (AvgIpc) is 2.52. The summed E-state index contributed by atoms with van der Waals surface area (Å²) in [5.74, 6) is 1.91. The van der Waals surface area contributed by atoms with E-state index >= 15 is 0 Å². The van der Waals surface area contributed by atoms with Gasteiger partial charge in [-0.05, 0) is 77.5 Å². The molecule has 2 nitrogen and oxygen atoms in total. The summed E-state index contributed by atoms with van der Waals surface area (Å²) in [6.45, 7) is 14.8. The van der Waals surface area contributed by atoms with Gasteiger partial charge in [0.05, 0.1) is 0 Å². The Bertz CT molecular complexity index is 284. The predicted octanol–water partition coefficient (Wildman–Crippen LogP) is 4.79. The van der Waals surface area contributed by atoms with Crippen LogP contribution < -0.4 is 0 Å². The Morgan fingerprint density at radius 3 is 2.00 bits per heavy atom. The fraction of sp³-hybridized carbons (Fsp3) is 1.00. The smallest absolute Gasteiger partial charge is 0.0120 e. The zero-order valence-electron chi connectivity index (χ0n) is 15.7. The molecule has 130 valence electrons. The summed E-state index contributed by atoms with van der Waals surface area (Å²) in [5, 5.41) is 0. The highest BCUT2D eigenvalue weighted by atomic mass is 15.2. The molecule has 0 N–H and O–H groups in total. The second-order valence-electron chi connectivity index (χ2n) is 8.52. The molecule has 2 aliphatic heterocycles. The van der Waals surface area contributed by atoms with E-state index < -0.39 is 0 Å². The summed E-state index contributed by atoms with van der Waals surface area (Å²) in [6, 6.07) is 1.62. The molecule has 2 aliphatic rings. The Morgan fingerprint density at radius 1 is 0.818 bits per heavy atom. The highest BCUT2D eigenvalue weighted by Gasteiger charge is 2.28. The van der Waals surface area contributed by atoms with E-state index in [1.807, 2.05) is 0 Å². The number of nitrogens with zero attached hydrogens (tertiary/aromatic N) is 2. The number of hydrogen-bond donors (Lipinski definition) is 0. The summed E-state index contributed by atoms with van der Waals surface area (Å²) in [5.41, 5.74) is 0. The molecular formula is C20H40N2. The number of unbranched alkanes of at least 4 members (excludes halogenated alkanes) is 1. The first-order valence-electron chi connectivity index (χ1n) is 10.0. The molecular weight excluding hydrogens is 268 g/mol. The van der Waals surface area contributed by atoms with Gasteiger partial charge in [-0.1, -0.05) is 39.5 Å². The van der Waals surface area contributed by atoms with Crippen LogP contribution in [0, 0.1) is 11.8 Å². The van der Waals surface area contributed by atoms with E-state index in [0.717, 1.165) is 23.9 Å². The van der Waals surface area contributed by atoms with E-state index in [2.05, 4.69) is 37.5 Å². The minimum absolute atomic E-state index is 0.734. The first-order chi connectivity index (χ1) is 10.6. The number of piperidine rings is 2. The SMILES string of the molecule is CC(C)CCCCC1CCN(C2CCN(C(C)C)CC2)CC1. The second kappa shape index (κ2) is 9.27. The third-order valence-electron chi connectivity index (χ3n) is 6.04. The maximum atomic E-state index is 2.82. The van der Waals surface area contributed by atoms with Gasteiger partial charge in [0.25, 0.3) is 0 Å². The van der Waals surface area contributed by atoms with Crippen molar-refractivity contribution in [2.24, 2.45) is 11.8 Å². The average molecular weight is 309 g/mol. The predicted molar refractivity (Wildman–Crippen MR) is 97.3 cm³/mol. The van der Waals surface area contributed by atoms with Crippen LogP contribution in [0.15, 0.2) is 0 Å². The molecule has 2 fully saturated rings. The number of hydrogen-bond acceptors (Lipinski definition) is 2. The van der Waals surface area contributed by atoms with Gasteiger partial charge in [-0.3, -0.25) is 0 Å². The molecule has 0 aliphatic carbocycles. The van der Waals surface area contributed by atoms with E-state index in [1.165, 1.54) is 77.5 Å². The van der Waals surface area contributed by atoms with E-state index in [1.54, 1.807) is 0 Å². The molecule has 0 aromatic rings. The van der Waals surface area contributed by atoms with Gasteiger partial charge in [0, 0.05) is 12.1 Å². The normalized spacial score (nSPS) is 23.7. The van der Waals surface area contributed by atoms with Crippen LogP contribution in [0.5, 0.6) is 0 Å². The van der Waals surface area contributed by atoms with Crippen LogP contribution in [0.3, 0.4) is 0 Å². The second-order valence-corrected chi connectivity index (χ2v) is 8.52. The van der Waals surface area contributed by atoms with E-state index in [-0.39, 0.29) is 0 Å². The van der Waals surface area contributed by atoms with Gasteiger partial charge in [0.2, 0.25) is 0 Å². The summed E-state index contributed by atoms with van der Waals surface area (Å²) < 4.78 is 0. The van der Waals surface area contributed by atoms with E-state index in [4.69, 9.17) is 0 Å². The monoisotopic (exact) mass is 308 g/mol. The van der Waals surface area contributed by atoms with Crippen molar-refractivity contribution in [2.75, 3.05) is 26.2 Å². The molecule has 0 aromatic carbocycles. The molecule has 2 saturated heterocycles. The number of likely N-dealkylation sites (tertiary alicyclic amines) is 2. The lowest BCUT2D eigenvalue weighted by Crippen LogP contribution is -2.49. The minimum atomic E-state index is 0.734. The standard InChI is InChI=1S/C20H40N2/c1-17(2)7-5-6-8-19-9-13-22(14-10-19)20-11-15-21(16-12-20)18(3)4/h17-20H,5-16H2,1-4H3. The van der Waals surface area contributed by atoms with Gasteiger partial charge in [0.1, 0.15) is 0 Å². The molecule has 0 aromatic heterocycles. The molecule has 0 radical (unpaired) electrons. The van der Waals surface area contributed by atoms with Crippen LogP contribution in [0.4, 0.5) is 0 Å². The van der Waals surface area contributed by atoms with Crippen molar-refractivity contribution >= 4 is 0 Å². The minimum Gasteiger partial charge on any atom is -0.301 e. The number of rotatable bonds is 7. The van der Waals surface area contributed by atoms with Crippen LogP contribution in [-0.4, -0.2) is 48.1 Å². The topological polar surface area (TPSA) is 6.48 Å². The van der Waals surface area contributed by atoms with Crippen LogP contribution in [0.1, 0.15) is 79.1 Å².